The van der Waals surface area contributed by atoms with E-state index in [9.17, 15) is 9.59 Å². The highest BCUT2D eigenvalue weighted by molar-refractivity contribution is 5.79. The summed E-state index contributed by atoms with van der Waals surface area (Å²) in [5.74, 6) is 2.16. The second-order valence-electron chi connectivity index (χ2n) is 7.85. The predicted molar refractivity (Wildman–Crippen MR) is 112 cm³/mol. The summed E-state index contributed by atoms with van der Waals surface area (Å²) in [5.41, 5.74) is 1.44. The van der Waals surface area contributed by atoms with Crippen molar-refractivity contribution in [2.75, 3.05) is 13.2 Å². The van der Waals surface area contributed by atoms with Crippen molar-refractivity contribution in [2.24, 2.45) is 5.92 Å². The first-order chi connectivity index (χ1) is 14.6. The Morgan fingerprint density at radius 3 is 2.73 bits per heavy atom. The zero-order valence-electron chi connectivity index (χ0n) is 16.8. The summed E-state index contributed by atoms with van der Waals surface area (Å²) in [5, 5.41) is 3.65. The number of carbonyl (C=O) groups is 1. The lowest BCUT2D eigenvalue weighted by Gasteiger charge is -2.23. The topological polar surface area (TPSA) is 82.5 Å². The number of nitrogens with one attached hydrogen (secondary N) is 1. The molecule has 2 aliphatic rings. The molecule has 2 aromatic carbocycles. The number of amides is 1. The fraction of sp³-hybridized carbons (Fsp3) is 0.348. The molecule has 1 amide bonds. The lowest BCUT2D eigenvalue weighted by molar-refractivity contribution is -0.122. The molecular weight excluding hydrogens is 382 g/mol. The SMILES string of the molecule is Cc1nc2ccccc2c(=O)n1CC(=O)NC(c1ccc2c(c1)OCCO2)C1CC1. The van der Waals surface area contributed by atoms with Gasteiger partial charge in [-0.05, 0) is 55.5 Å². The van der Waals surface area contributed by atoms with Crippen LogP contribution in [0.2, 0.25) is 0 Å². The summed E-state index contributed by atoms with van der Waals surface area (Å²) in [4.78, 5) is 30.2. The number of para-hydroxylation sites is 1. The minimum atomic E-state index is -0.205. The number of benzene rings is 2. The fourth-order valence-electron chi connectivity index (χ4n) is 3.98. The average Bonchev–Trinajstić information content (AvgIpc) is 3.60. The average molecular weight is 405 g/mol. The standard InChI is InChI=1S/C23H23N3O4/c1-14-24-18-5-3-2-4-17(18)23(28)26(14)13-21(27)25-22(15-6-7-15)16-8-9-19-20(12-16)30-11-10-29-19/h2-5,8-9,12,15,22H,6-7,10-11,13H2,1H3,(H,25,27). The van der Waals surface area contributed by atoms with Crippen molar-refractivity contribution in [1.82, 2.24) is 14.9 Å². The van der Waals surface area contributed by atoms with Crippen LogP contribution in [-0.2, 0) is 11.3 Å². The van der Waals surface area contributed by atoms with E-state index in [4.69, 9.17) is 9.47 Å². The van der Waals surface area contributed by atoms with Crippen molar-refractivity contribution >= 4 is 16.8 Å². The summed E-state index contributed by atoms with van der Waals surface area (Å²) in [6.45, 7) is 2.76. The fourth-order valence-corrected chi connectivity index (χ4v) is 3.98. The molecule has 1 aromatic heterocycles. The van der Waals surface area contributed by atoms with E-state index in [1.54, 1.807) is 25.1 Å². The molecule has 5 rings (SSSR count). The summed E-state index contributed by atoms with van der Waals surface area (Å²) in [7, 11) is 0. The van der Waals surface area contributed by atoms with Gasteiger partial charge < -0.3 is 14.8 Å². The normalized spacial score (nSPS) is 16.3. The smallest absolute Gasteiger partial charge is 0.261 e. The molecule has 1 saturated carbocycles. The van der Waals surface area contributed by atoms with Crippen LogP contribution in [0.5, 0.6) is 11.5 Å². The van der Waals surface area contributed by atoms with Crippen LogP contribution in [0.15, 0.2) is 47.3 Å². The Morgan fingerprint density at radius 2 is 1.93 bits per heavy atom. The van der Waals surface area contributed by atoms with E-state index in [2.05, 4.69) is 10.3 Å². The lowest BCUT2D eigenvalue weighted by atomic mass is 10.0. The van der Waals surface area contributed by atoms with Crippen molar-refractivity contribution in [3.05, 3.63) is 64.2 Å². The van der Waals surface area contributed by atoms with E-state index in [1.165, 1.54) is 4.57 Å². The van der Waals surface area contributed by atoms with Gasteiger partial charge >= 0.3 is 0 Å². The number of rotatable bonds is 5. The van der Waals surface area contributed by atoms with Gasteiger partial charge in [-0.15, -0.1) is 0 Å². The van der Waals surface area contributed by atoms with Crippen LogP contribution in [0.3, 0.4) is 0 Å². The number of nitrogens with zero attached hydrogens (tertiary/aromatic N) is 2. The Morgan fingerprint density at radius 1 is 1.17 bits per heavy atom. The summed E-state index contributed by atoms with van der Waals surface area (Å²) in [6, 6.07) is 12.9. The third-order valence-corrected chi connectivity index (χ3v) is 5.69. The molecule has 1 aliphatic carbocycles. The molecule has 0 spiro atoms. The van der Waals surface area contributed by atoms with Crippen molar-refractivity contribution in [1.29, 1.82) is 0 Å². The Hall–Kier alpha value is -3.35. The third-order valence-electron chi connectivity index (χ3n) is 5.69. The molecule has 0 radical (unpaired) electrons. The van der Waals surface area contributed by atoms with Gasteiger partial charge in [0.1, 0.15) is 25.6 Å². The third kappa shape index (κ3) is 3.51. The van der Waals surface area contributed by atoms with E-state index in [0.29, 0.717) is 41.6 Å². The van der Waals surface area contributed by atoms with Gasteiger partial charge in [0, 0.05) is 0 Å². The van der Waals surface area contributed by atoms with Crippen LogP contribution in [0, 0.1) is 12.8 Å². The maximum Gasteiger partial charge on any atom is 0.261 e. The molecule has 7 nitrogen and oxygen atoms in total. The van der Waals surface area contributed by atoms with Gasteiger partial charge in [-0.2, -0.15) is 0 Å². The largest absolute Gasteiger partial charge is 0.486 e. The zero-order valence-corrected chi connectivity index (χ0v) is 16.8. The van der Waals surface area contributed by atoms with Crippen molar-refractivity contribution in [3.63, 3.8) is 0 Å². The lowest BCUT2D eigenvalue weighted by Crippen LogP contribution is -2.36. The number of fused-ring (bicyclic) bond motifs is 2. The summed E-state index contributed by atoms with van der Waals surface area (Å²) in [6.07, 6.45) is 2.13. The Balaban J connectivity index is 1.39. The molecule has 1 N–H and O–H groups in total. The van der Waals surface area contributed by atoms with Crippen LogP contribution in [0.1, 0.15) is 30.3 Å². The molecule has 0 saturated heterocycles. The van der Waals surface area contributed by atoms with Gasteiger partial charge in [-0.3, -0.25) is 14.2 Å². The van der Waals surface area contributed by atoms with Crippen LogP contribution < -0.4 is 20.3 Å². The van der Waals surface area contributed by atoms with Crippen LogP contribution in [0.4, 0.5) is 0 Å². The molecule has 1 unspecified atom stereocenters. The highest BCUT2D eigenvalue weighted by Crippen LogP contribution is 2.43. The molecule has 1 fully saturated rings. The Kier molecular flexibility index (Phi) is 4.65. The molecule has 0 bridgehead atoms. The molecule has 30 heavy (non-hydrogen) atoms. The van der Waals surface area contributed by atoms with Gasteiger partial charge in [0.15, 0.2) is 11.5 Å². The van der Waals surface area contributed by atoms with Crippen LogP contribution in [-0.4, -0.2) is 28.7 Å². The summed E-state index contributed by atoms with van der Waals surface area (Å²) >= 11 is 0. The summed E-state index contributed by atoms with van der Waals surface area (Å²) < 4.78 is 12.7. The van der Waals surface area contributed by atoms with Gasteiger partial charge in [0.05, 0.1) is 16.9 Å². The molecule has 7 heteroatoms. The quantitative estimate of drug-likeness (QED) is 0.706. The van der Waals surface area contributed by atoms with Gasteiger partial charge in [-0.25, -0.2) is 4.98 Å². The van der Waals surface area contributed by atoms with Gasteiger partial charge in [-0.1, -0.05) is 18.2 Å². The maximum absolute atomic E-state index is 12.9. The second-order valence-corrected chi connectivity index (χ2v) is 7.85. The first-order valence-corrected chi connectivity index (χ1v) is 10.3. The molecular formula is C23H23N3O4. The van der Waals surface area contributed by atoms with Crippen molar-refractivity contribution in [3.8, 4) is 11.5 Å². The van der Waals surface area contributed by atoms with Crippen molar-refractivity contribution in [2.45, 2.75) is 32.4 Å². The first kappa shape index (κ1) is 18.7. The van der Waals surface area contributed by atoms with Gasteiger partial charge in [0.2, 0.25) is 5.91 Å². The van der Waals surface area contributed by atoms with E-state index in [1.807, 2.05) is 24.3 Å². The molecule has 1 atom stereocenters. The van der Waals surface area contributed by atoms with Gasteiger partial charge in [0.25, 0.3) is 5.56 Å². The van der Waals surface area contributed by atoms with E-state index >= 15 is 0 Å². The minimum absolute atomic E-state index is 0.0593. The van der Waals surface area contributed by atoms with Crippen LogP contribution >= 0.6 is 0 Å². The molecule has 2 heterocycles. The number of ether oxygens (including phenoxy) is 2. The number of aromatic nitrogens is 2. The first-order valence-electron chi connectivity index (χ1n) is 10.3. The predicted octanol–water partition coefficient (Wildman–Crippen LogP) is 2.74. The Bertz CT molecular complexity index is 1180. The molecule has 1 aliphatic heterocycles. The minimum Gasteiger partial charge on any atom is -0.486 e. The Labute approximate surface area is 173 Å². The number of carbonyl (C=O) groups excluding carboxylic acids is 1. The van der Waals surface area contributed by atoms with E-state index < -0.39 is 0 Å². The van der Waals surface area contributed by atoms with E-state index in [0.717, 1.165) is 24.2 Å². The van der Waals surface area contributed by atoms with Crippen molar-refractivity contribution < 1.29 is 14.3 Å². The number of aryl methyl sites for hydroxylation is 1. The monoisotopic (exact) mass is 405 g/mol. The van der Waals surface area contributed by atoms with E-state index in [-0.39, 0.29) is 24.1 Å². The molecule has 3 aromatic rings. The maximum atomic E-state index is 12.9. The number of hydrogen-bond donors (Lipinski definition) is 1. The zero-order chi connectivity index (χ0) is 20.7. The van der Waals surface area contributed by atoms with Crippen LogP contribution in [0.25, 0.3) is 10.9 Å². The number of hydrogen-bond acceptors (Lipinski definition) is 5. The highest BCUT2D eigenvalue weighted by atomic mass is 16.6. The molecule has 154 valence electrons. The highest BCUT2D eigenvalue weighted by Gasteiger charge is 2.34. The second kappa shape index (κ2) is 7.48.